The number of carbonyl (C=O) groups excluding carboxylic acids is 2. The average Bonchev–Trinajstić information content (AvgIpc) is 3.50. The summed E-state index contributed by atoms with van der Waals surface area (Å²) in [5.74, 6) is -1.71. The van der Waals surface area contributed by atoms with E-state index in [2.05, 4.69) is 10.2 Å². The number of amides is 1. The Hall–Kier alpha value is -4.18. The number of aliphatic hydroxyl groups excluding tert-OH is 1. The smallest absolute Gasteiger partial charge is 0.296 e. The van der Waals surface area contributed by atoms with Crippen molar-refractivity contribution < 1.29 is 29.0 Å². The monoisotopic (exact) mass is 463 g/mol. The van der Waals surface area contributed by atoms with Crippen LogP contribution in [0.5, 0.6) is 11.5 Å². The van der Waals surface area contributed by atoms with Gasteiger partial charge in [-0.1, -0.05) is 35.6 Å². The fourth-order valence-corrected chi connectivity index (χ4v) is 4.55. The minimum atomic E-state index is -0.993. The first kappa shape index (κ1) is 20.7. The van der Waals surface area contributed by atoms with Crippen molar-refractivity contribution in [3.05, 3.63) is 76.2 Å². The molecule has 1 aliphatic heterocycles. The summed E-state index contributed by atoms with van der Waals surface area (Å²) in [6.45, 7) is 1.73. The van der Waals surface area contributed by atoms with Gasteiger partial charge in [-0.25, -0.2) is 0 Å². The number of anilines is 1. The summed E-state index contributed by atoms with van der Waals surface area (Å²) in [6.07, 6.45) is 0. The first-order valence-corrected chi connectivity index (χ1v) is 10.7. The predicted molar refractivity (Wildman–Crippen MR) is 120 cm³/mol. The molecule has 0 bridgehead atoms. The van der Waals surface area contributed by atoms with Gasteiger partial charge in [-0.3, -0.25) is 14.5 Å². The van der Waals surface area contributed by atoms with Crippen LogP contribution in [0.15, 0.2) is 64.3 Å². The third-order valence-corrected chi connectivity index (χ3v) is 6.17. The van der Waals surface area contributed by atoms with Crippen LogP contribution < -0.4 is 9.64 Å². The van der Waals surface area contributed by atoms with Gasteiger partial charge in [0.2, 0.25) is 10.9 Å². The van der Waals surface area contributed by atoms with E-state index in [1.54, 1.807) is 37.3 Å². The molecule has 1 unspecified atom stereocenters. The van der Waals surface area contributed by atoms with Crippen molar-refractivity contribution in [1.29, 1.82) is 0 Å². The molecule has 0 radical (unpaired) electrons. The van der Waals surface area contributed by atoms with Crippen LogP contribution >= 0.6 is 11.3 Å². The Kier molecular flexibility index (Phi) is 4.86. The van der Waals surface area contributed by atoms with Crippen molar-refractivity contribution >= 4 is 39.1 Å². The van der Waals surface area contributed by atoms with Crippen LogP contribution in [-0.2, 0) is 4.79 Å². The van der Waals surface area contributed by atoms with E-state index in [-0.39, 0.29) is 22.2 Å². The predicted octanol–water partition coefficient (Wildman–Crippen LogP) is 4.09. The van der Waals surface area contributed by atoms with E-state index in [9.17, 15) is 19.8 Å². The Morgan fingerprint density at radius 1 is 1.15 bits per heavy atom. The number of fused-ring (bicyclic) bond motifs is 1. The molecule has 1 aliphatic rings. The maximum absolute atomic E-state index is 13.6. The number of aromatic hydroxyl groups is 1. The van der Waals surface area contributed by atoms with Gasteiger partial charge < -0.3 is 19.4 Å². The molecule has 2 aromatic heterocycles. The summed E-state index contributed by atoms with van der Waals surface area (Å²) in [5.41, 5.74) is 0.720. The van der Waals surface area contributed by atoms with E-state index < -0.39 is 23.5 Å². The lowest BCUT2D eigenvalue weighted by atomic mass is 9.95. The molecule has 2 aromatic carbocycles. The number of aryl methyl sites for hydroxylation is 1. The number of phenolic OH excluding ortho intramolecular Hbond substituents is 1. The SMILES string of the molecule is COc1cccc2cc(C(=O)C3=C(O)C(=O)N(c4nnc(C)s4)C3c3ccc(O)cc3)oc12. The number of rotatable bonds is 5. The zero-order valence-corrected chi connectivity index (χ0v) is 18.3. The van der Waals surface area contributed by atoms with E-state index in [1.165, 1.54) is 30.2 Å². The number of Topliss-reactive ketones (excluding diaryl/α,β-unsaturated/α-hetero) is 1. The van der Waals surface area contributed by atoms with Gasteiger partial charge in [0.05, 0.1) is 18.7 Å². The Balaban J connectivity index is 1.66. The number of ether oxygens (including phenoxy) is 1. The number of para-hydroxylation sites is 1. The molecule has 0 saturated heterocycles. The number of methoxy groups -OCH3 is 1. The van der Waals surface area contributed by atoms with E-state index in [0.717, 1.165) is 11.3 Å². The summed E-state index contributed by atoms with van der Waals surface area (Å²) in [7, 11) is 1.49. The van der Waals surface area contributed by atoms with Gasteiger partial charge in [0.1, 0.15) is 10.8 Å². The summed E-state index contributed by atoms with van der Waals surface area (Å²) in [5, 5.41) is 30.0. The van der Waals surface area contributed by atoms with Gasteiger partial charge in [0, 0.05) is 5.39 Å². The van der Waals surface area contributed by atoms with Crippen molar-refractivity contribution in [2.24, 2.45) is 0 Å². The minimum absolute atomic E-state index is 0.0202. The lowest BCUT2D eigenvalue weighted by Crippen LogP contribution is -2.31. The highest BCUT2D eigenvalue weighted by Crippen LogP contribution is 2.43. The molecule has 2 N–H and O–H groups in total. The number of benzene rings is 2. The highest BCUT2D eigenvalue weighted by Gasteiger charge is 2.46. The first-order chi connectivity index (χ1) is 15.9. The van der Waals surface area contributed by atoms with E-state index >= 15 is 0 Å². The number of hydrogen-bond acceptors (Lipinski definition) is 9. The topological polar surface area (TPSA) is 126 Å². The van der Waals surface area contributed by atoms with Gasteiger partial charge in [-0.15, -0.1) is 10.2 Å². The first-order valence-electron chi connectivity index (χ1n) is 9.86. The molecule has 0 spiro atoms. The Labute approximate surface area is 191 Å². The highest BCUT2D eigenvalue weighted by molar-refractivity contribution is 7.15. The summed E-state index contributed by atoms with van der Waals surface area (Å²) in [4.78, 5) is 27.9. The molecule has 166 valence electrons. The summed E-state index contributed by atoms with van der Waals surface area (Å²) < 4.78 is 11.1. The number of ketones is 1. The number of furan rings is 1. The second-order valence-electron chi connectivity index (χ2n) is 7.35. The molecule has 1 atom stereocenters. The van der Waals surface area contributed by atoms with Crippen LogP contribution in [0.25, 0.3) is 11.0 Å². The van der Waals surface area contributed by atoms with Crippen molar-refractivity contribution in [1.82, 2.24) is 10.2 Å². The van der Waals surface area contributed by atoms with Gasteiger partial charge >= 0.3 is 0 Å². The molecule has 3 heterocycles. The molecular weight excluding hydrogens is 446 g/mol. The normalized spacial score (nSPS) is 16.1. The molecule has 0 aliphatic carbocycles. The minimum Gasteiger partial charge on any atom is -0.508 e. The number of hydrogen-bond donors (Lipinski definition) is 2. The molecule has 33 heavy (non-hydrogen) atoms. The van der Waals surface area contributed by atoms with Crippen LogP contribution in [0.4, 0.5) is 5.13 Å². The second kappa shape index (κ2) is 7.75. The average molecular weight is 463 g/mol. The van der Waals surface area contributed by atoms with Crippen LogP contribution in [0.3, 0.4) is 0 Å². The lowest BCUT2D eigenvalue weighted by Gasteiger charge is -2.23. The molecule has 5 rings (SSSR count). The van der Waals surface area contributed by atoms with Crippen LogP contribution in [0, 0.1) is 6.92 Å². The number of phenols is 1. The quantitative estimate of drug-likeness (QED) is 0.424. The van der Waals surface area contributed by atoms with E-state index in [0.29, 0.717) is 27.3 Å². The fourth-order valence-electron chi connectivity index (χ4n) is 3.83. The largest absolute Gasteiger partial charge is 0.508 e. The van der Waals surface area contributed by atoms with Crippen LogP contribution in [0.2, 0.25) is 0 Å². The van der Waals surface area contributed by atoms with Crippen molar-refractivity contribution in [2.75, 3.05) is 12.0 Å². The number of aliphatic hydroxyl groups is 1. The number of nitrogens with zero attached hydrogens (tertiary/aromatic N) is 3. The Morgan fingerprint density at radius 2 is 1.91 bits per heavy atom. The highest BCUT2D eigenvalue weighted by atomic mass is 32.1. The van der Waals surface area contributed by atoms with Crippen LogP contribution in [0.1, 0.15) is 27.2 Å². The molecule has 1 amide bonds. The van der Waals surface area contributed by atoms with Gasteiger partial charge in [-0.2, -0.15) is 0 Å². The molecular formula is C23H17N3O6S. The van der Waals surface area contributed by atoms with Gasteiger partial charge in [-0.05, 0) is 36.8 Å². The molecule has 0 saturated carbocycles. The van der Waals surface area contributed by atoms with Crippen LogP contribution in [-0.4, -0.2) is 39.2 Å². The molecule has 10 heteroatoms. The van der Waals surface area contributed by atoms with Gasteiger partial charge in [0.25, 0.3) is 5.91 Å². The zero-order valence-electron chi connectivity index (χ0n) is 17.5. The summed E-state index contributed by atoms with van der Waals surface area (Å²) >= 11 is 1.16. The van der Waals surface area contributed by atoms with Gasteiger partial charge in [0.15, 0.2) is 22.9 Å². The third kappa shape index (κ3) is 3.31. The lowest BCUT2D eigenvalue weighted by molar-refractivity contribution is -0.117. The second-order valence-corrected chi connectivity index (χ2v) is 8.51. The molecule has 0 fully saturated rings. The Bertz CT molecular complexity index is 1440. The third-order valence-electron chi connectivity index (χ3n) is 5.33. The zero-order chi connectivity index (χ0) is 23.3. The van der Waals surface area contributed by atoms with Crippen molar-refractivity contribution in [3.63, 3.8) is 0 Å². The maximum Gasteiger partial charge on any atom is 0.296 e. The van der Waals surface area contributed by atoms with E-state index in [4.69, 9.17) is 9.15 Å². The van der Waals surface area contributed by atoms with Crippen molar-refractivity contribution in [2.45, 2.75) is 13.0 Å². The standard InChI is InChI=1S/C23H17N3O6S/c1-11-24-25-23(33-11)26-18(12-6-8-14(27)9-7-12)17(20(29)22(26)30)19(28)16-10-13-4-3-5-15(31-2)21(13)32-16/h3-10,18,27,29H,1-2H3. The fraction of sp³-hybridized carbons (Fsp3) is 0.130. The summed E-state index contributed by atoms with van der Waals surface area (Å²) in [6, 6.07) is 11.8. The van der Waals surface area contributed by atoms with E-state index in [1.807, 2.05) is 0 Å². The number of carbonyl (C=O) groups is 2. The Morgan fingerprint density at radius 3 is 2.58 bits per heavy atom. The van der Waals surface area contributed by atoms with Crippen molar-refractivity contribution in [3.8, 4) is 11.5 Å². The molecule has 4 aromatic rings. The molecule has 9 nitrogen and oxygen atoms in total. The number of aromatic nitrogens is 2. The maximum atomic E-state index is 13.6.